The van der Waals surface area contributed by atoms with Crippen molar-refractivity contribution in [1.29, 1.82) is 0 Å². The summed E-state index contributed by atoms with van der Waals surface area (Å²) in [6, 6.07) is 0. The summed E-state index contributed by atoms with van der Waals surface area (Å²) in [5.74, 6) is -1.31. The van der Waals surface area contributed by atoms with Gasteiger partial charge in [0.1, 0.15) is 41.1 Å². The molecule has 0 aliphatic rings. The number of nitrogens with zero attached hydrogens (tertiary/aromatic N) is 9. The minimum Gasteiger partial charge on any atom is -0.457 e. The quantitative estimate of drug-likeness (QED) is 0.00589. The standard InChI is InChI=1S/C22H41N11O8.C22H44N2O11.C22H47NO3.C13H29NO6.C7H12O2.C4H11NO3.3CO2/c1-21(2,3)41-20(35)30-40-14-13-36-15-19(34)29-22(16-37-10-4-7-26-31-23,17-38-11-5-8-27-32-24)18-39-12-6-9-28-33-25;1-21(2,3)35-20(29)24-34-14-13-30-15-19(28)23-22(16-31-10-4-7-25,17-32-11-5-8-26)18-33-12-6-9-27;1-19(2,3)10-13-24-16-22(23,17-25-14-11-20(4,5)6)18-26-15-12-21(7,8)9;14-13(10-18-7-1-4-15,11-19-8-2-5-16)12-20-9-3-6-17;1-5-6(8)9-7(2,3)4;5-4(1-6,2-7)3-8;3*2-1-3/h4-18H2,1-3H3,(H,29,34)(H,30,35);25-27H,4-18H2,1-3H3,(H,23,28)(H,24,29);10-18,23H2,1-9H3;15-17H,1-12,14H2;5H,1H2,2-4H3;6-8H,1-3,5H2;;;. The number of azide groups is 3. The molecular formula is C93H184N16O39. The number of hydrogen-bond acceptors (Lipinski definition) is 45. The molecule has 148 heavy (non-hydrogen) atoms. The van der Waals surface area contributed by atoms with Crippen molar-refractivity contribution in [3.63, 3.8) is 0 Å². The van der Waals surface area contributed by atoms with Gasteiger partial charge in [-0.1, -0.05) is 84.2 Å². The molecule has 55 heteroatoms. The van der Waals surface area contributed by atoms with Crippen molar-refractivity contribution in [2.75, 3.05) is 277 Å². The van der Waals surface area contributed by atoms with Gasteiger partial charge in [-0.2, -0.15) is 39.7 Å². The van der Waals surface area contributed by atoms with Crippen LogP contribution in [0.25, 0.3) is 31.3 Å². The molecule has 0 saturated heterocycles. The van der Waals surface area contributed by atoms with Gasteiger partial charge in [-0.05, 0) is 172 Å². The number of hydroxylamine groups is 2. The Morgan fingerprint density at radius 2 is 0.520 bits per heavy atom. The summed E-state index contributed by atoms with van der Waals surface area (Å²) in [6.07, 6.45) is 7.84. The van der Waals surface area contributed by atoms with Crippen molar-refractivity contribution in [1.82, 2.24) is 21.6 Å². The molecule has 0 aromatic rings. The lowest BCUT2D eigenvalue weighted by Crippen LogP contribution is -2.59. The minimum atomic E-state index is -1.21. The lowest BCUT2D eigenvalue weighted by atomic mass is 9.93. The third-order valence-corrected chi connectivity index (χ3v) is 16.7. The van der Waals surface area contributed by atoms with Crippen molar-refractivity contribution in [2.45, 2.75) is 246 Å². The molecule has 0 aromatic heterocycles. The summed E-state index contributed by atoms with van der Waals surface area (Å²) in [5.41, 5.74) is 41.8. The van der Waals surface area contributed by atoms with Gasteiger partial charge in [0.05, 0.1) is 142 Å². The SMILES string of the molecule is C=CC(=O)OC(C)(C)C.CC(C)(C)CCOCC(N)(COCCC(C)(C)C)COCCC(C)(C)C.CC(C)(C)OC(=O)NOCCOCC(=O)NC(COCCCN=[N+]=[N-])(COCCCN=[N+]=[N-])COCCCN=[N+]=[N-].CC(C)(C)OC(=O)NOCCOCC(=O)NC(COCCCO)(COCCCO)COCCCO.NC(CO)(CO)CO.NC(COCCCO)(COCCCO)COCCCO.O=C=O.O=C=O.O=C=O. The average Bonchev–Trinajstić information content (AvgIpc) is 0.849. The molecule has 4 amide bonds. The molecular weight excluding hydrogens is 1970 g/mol. The predicted molar refractivity (Wildman–Crippen MR) is 535 cm³/mol. The van der Waals surface area contributed by atoms with E-state index >= 15 is 0 Å². The first-order valence-corrected chi connectivity index (χ1v) is 48.2. The number of hydrogen-bond donors (Lipinski definition) is 16. The van der Waals surface area contributed by atoms with Crippen LogP contribution in [0.1, 0.15) is 202 Å². The van der Waals surface area contributed by atoms with Gasteiger partial charge in [0, 0.05) is 159 Å². The van der Waals surface area contributed by atoms with Gasteiger partial charge in [0.15, 0.2) is 0 Å². The second-order valence-corrected chi connectivity index (χ2v) is 39.2. The highest BCUT2D eigenvalue weighted by Crippen LogP contribution is 2.23. The summed E-state index contributed by atoms with van der Waals surface area (Å²) in [4.78, 5) is 126. The zero-order valence-electron chi connectivity index (χ0n) is 91.0. The molecule has 0 heterocycles. The highest BCUT2D eigenvalue weighted by atomic mass is 16.7. The second kappa shape index (κ2) is 103. The number of amides is 4. The van der Waals surface area contributed by atoms with Crippen LogP contribution in [0, 0.1) is 16.2 Å². The van der Waals surface area contributed by atoms with Gasteiger partial charge in [0.25, 0.3) is 0 Å². The maximum absolute atomic E-state index is 12.8. The molecule has 0 fully saturated rings. The third-order valence-electron chi connectivity index (χ3n) is 16.7. The Kier molecular flexibility index (Phi) is 110. The van der Waals surface area contributed by atoms with Crippen molar-refractivity contribution in [2.24, 2.45) is 48.8 Å². The largest absolute Gasteiger partial charge is 0.457 e. The Hall–Kier alpha value is -8.36. The Balaban J connectivity index is -0.000000234. The van der Waals surface area contributed by atoms with E-state index in [9.17, 15) is 24.0 Å². The smallest absolute Gasteiger partial charge is 0.431 e. The summed E-state index contributed by atoms with van der Waals surface area (Å²) in [6.45, 7) is 45.5. The summed E-state index contributed by atoms with van der Waals surface area (Å²) in [5, 5.41) is 94.1. The number of aliphatic hydroxyl groups excluding tert-OH is 9. The van der Waals surface area contributed by atoms with Crippen molar-refractivity contribution >= 4 is 48.4 Å². The Labute approximate surface area is 871 Å². The van der Waals surface area contributed by atoms with Crippen LogP contribution in [0.2, 0.25) is 0 Å². The molecule has 0 unspecified atom stereocenters. The van der Waals surface area contributed by atoms with E-state index in [1.54, 1.807) is 41.5 Å². The van der Waals surface area contributed by atoms with E-state index in [-0.39, 0.29) is 239 Å². The van der Waals surface area contributed by atoms with Gasteiger partial charge in [-0.15, -0.1) is 0 Å². The number of carbonyl (C=O) groups is 5. The van der Waals surface area contributed by atoms with Crippen LogP contribution in [0.15, 0.2) is 28.0 Å². The summed E-state index contributed by atoms with van der Waals surface area (Å²) < 4.78 is 93.5. The number of nitrogens with two attached hydrogens (primary N) is 3. The van der Waals surface area contributed by atoms with Gasteiger partial charge in [-0.25, -0.2) is 14.4 Å². The number of aliphatic hydroxyl groups is 9. The highest BCUT2D eigenvalue weighted by Gasteiger charge is 2.37. The van der Waals surface area contributed by atoms with Crippen molar-refractivity contribution < 1.29 is 189 Å². The average molecular weight is 2150 g/mol. The van der Waals surface area contributed by atoms with Crippen LogP contribution in [-0.4, -0.2) is 416 Å². The first-order chi connectivity index (χ1) is 69.5. The zero-order chi connectivity index (χ0) is 115. The Bertz CT molecular complexity index is 3200. The molecule has 0 radical (unpaired) electrons. The van der Waals surface area contributed by atoms with Gasteiger partial charge < -0.3 is 154 Å². The molecule has 0 aliphatic carbocycles. The zero-order valence-corrected chi connectivity index (χ0v) is 91.0. The Morgan fingerprint density at radius 1 is 0.311 bits per heavy atom. The number of esters is 1. The molecule has 0 saturated carbocycles. The van der Waals surface area contributed by atoms with Crippen LogP contribution in [0.5, 0.6) is 0 Å². The first-order valence-electron chi connectivity index (χ1n) is 48.2. The topological polar surface area (TPSA) is 818 Å². The molecule has 0 aliphatic heterocycles. The second-order valence-electron chi connectivity index (χ2n) is 39.2. The van der Waals surface area contributed by atoms with Gasteiger partial charge in [0.2, 0.25) is 11.8 Å². The van der Waals surface area contributed by atoms with Crippen molar-refractivity contribution in [3.8, 4) is 0 Å². The van der Waals surface area contributed by atoms with Gasteiger partial charge >= 0.3 is 36.6 Å². The normalized spacial score (nSPS) is 11.7. The fraction of sp³-hybridized carbons (Fsp3) is 0.892. The molecule has 0 aromatic carbocycles. The maximum atomic E-state index is 12.8. The minimum absolute atomic E-state index is 0.00203. The molecule has 19 N–H and O–H groups in total. The molecule has 0 atom stereocenters. The predicted octanol–water partition coefficient (Wildman–Crippen LogP) is 4.32. The first kappa shape index (κ1) is 157. The van der Waals surface area contributed by atoms with E-state index < -0.39 is 88.3 Å². The van der Waals surface area contributed by atoms with E-state index in [4.69, 9.17) is 199 Å². The number of carbonyl (C=O) groups excluding carboxylic acids is 11. The number of ether oxygens (including phenoxy) is 17. The van der Waals surface area contributed by atoms with Crippen LogP contribution >= 0.6 is 0 Å². The number of nitrogens with one attached hydrogen (secondary N) is 4. The van der Waals surface area contributed by atoms with E-state index in [1.807, 2.05) is 20.8 Å². The lowest BCUT2D eigenvalue weighted by Gasteiger charge is -2.34. The highest BCUT2D eigenvalue weighted by molar-refractivity contribution is 5.81. The fourth-order valence-electron chi connectivity index (χ4n) is 9.46. The summed E-state index contributed by atoms with van der Waals surface area (Å²) in [7, 11) is 0. The monoisotopic (exact) mass is 2150 g/mol. The summed E-state index contributed by atoms with van der Waals surface area (Å²) >= 11 is 0. The van der Waals surface area contributed by atoms with Crippen molar-refractivity contribution in [3.05, 3.63) is 44.0 Å². The maximum Gasteiger partial charge on any atom is 0.431 e. The molecule has 0 bridgehead atoms. The number of rotatable bonds is 78. The van der Waals surface area contributed by atoms with E-state index in [0.717, 1.165) is 25.3 Å². The van der Waals surface area contributed by atoms with E-state index in [2.05, 4.69) is 121 Å². The lowest BCUT2D eigenvalue weighted by molar-refractivity contribution is -0.193. The molecule has 55 nitrogen and oxygen atoms in total. The molecule has 870 valence electrons. The molecule has 0 rings (SSSR count). The van der Waals surface area contributed by atoms with Crippen LogP contribution in [-0.2, 0) is 133 Å². The third kappa shape index (κ3) is 128. The Morgan fingerprint density at radius 3 is 0.696 bits per heavy atom. The van der Waals surface area contributed by atoms with Crippen LogP contribution in [0.4, 0.5) is 9.59 Å². The van der Waals surface area contributed by atoms with Gasteiger partial charge in [-0.3, -0.25) is 19.3 Å². The van der Waals surface area contributed by atoms with Crippen LogP contribution in [0.3, 0.4) is 0 Å². The van der Waals surface area contributed by atoms with E-state index in [1.165, 1.54) is 0 Å². The van der Waals surface area contributed by atoms with E-state index in [0.29, 0.717) is 117 Å². The van der Waals surface area contributed by atoms with Crippen LogP contribution < -0.4 is 38.8 Å². The fourth-order valence-corrected chi connectivity index (χ4v) is 9.46. The molecule has 0 spiro atoms.